The summed E-state index contributed by atoms with van der Waals surface area (Å²) in [6.45, 7) is -0.606. The minimum atomic E-state index is -0.839. The molecule has 9 heteroatoms. The molecule has 43 heavy (non-hydrogen) atoms. The Labute approximate surface area is 252 Å². The van der Waals surface area contributed by atoms with Gasteiger partial charge in [0.25, 0.3) is 5.91 Å². The number of methoxy groups -OCH3 is 1. The van der Waals surface area contributed by atoms with Crippen LogP contribution >= 0.6 is 11.6 Å². The van der Waals surface area contributed by atoms with Crippen LogP contribution in [0.4, 0.5) is 11.4 Å². The van der Waals surface area contributed by atoms with Crippen LogP contribution in [0.15, 0.2) is 91.0 Å². The van der Waals surface area contributed by atoms with Gasteiger partial charge in [-0.25, -0.2) is 9.69 Å². The van der Waals surface area contributed by atoms with E-state index in [1.54, 1.807) is 30.3 Å². The Morgan fingerprint density at radius 3 is 1.88 bits per heavy atom. The van der Waals surface area contributed by atoms with Crippen molar-refractivity contribution < 1.29 is 28.7 Å². The number of halogens is 1. The van der Waals surface area contributed by atoms with E-state index < -0.39 is 30.3 Å². The van der Waals surface area contributed by atoms with Crippen LogP contribution in [0.2, 0.25) is 5.02 Å². The zero-order chi connectivity index (χ0) is 29.8. The number of amides is 3. The number of anilines is 2. The van der Waals surface area contributed by atoms with E-state index in [2.05, 4.69) is 5.32 Å². The fourth-order valence-corrected chi connectivity index (χ4v) is 7.10. The van der Waals surface area contributed by atoms with Gasteiger partial charge in [-0.15, -0.1) is 0 Å². The SMILES string of the molecule is COc1ccc(Cl)cc1NC(=O)COC(=O)c1ccccc1N1C(=O)[C@H]2C3c4ccccc4C(c4ccccc43)[C@@H]2C1=O. The molecule has 1 saturated heterocycles. The first-order valence-corrected chi connectivity index (χ1v) is 14.2. The summed E-state index contributed by atoms with van der Waals surface area (Å²) in [5.41, 5.74) is 4.72. The quantitative estimate of drug-likeness (QED) is 0.233. The number of para-hydroxylation sites is 1. The van der Waals surface area contributed by atoms with Gasteiger partial charge in [0.2, 0.25) is 11.8 Å². The van der Waals surface area contributed by atoms with Crippen molar-refractivity contribution in [3.8, 4) is 5.75 Å². The number of carbonyl (C=O) groups excluding carboxylic acids is 4. The summed E-state index contributed by atoms with van der Waals surface area (Å²) in [7, 11) is 1.45. The van der Waals surface area contributed by atoms with Crippen molar-refractivity contribution in [2.75, 3.05) is 23.9 Å². The Hall–Kier alpha value is -4.95. The molecule has 0 aromatic heterocycles. The highest BCUT2D eigenvalue weighted by Gasteiger charge is 2.62. The number of hydrogen-bond donors (Lipinski definition) is 1. The van der Waals surface area contributed by atoms with E-state index in [1.807, 2.05) is 48.5 Å². The second kappa shape index (κ2) is 10.4. The van der Waals surface area contributed by atoms with Gasteiger partial charge in [-0.2, -0.15) is 0 Å². The second-order valence-electron chi connectivity index (χ2n) is 10.8. The first-order chi connectivity index (χ1) is 20.9. The van der Waals surface area contributed by atoms with E-state index in [0.29, 0.717) is 16.5 Å². The fourth-order valence-electron chi connectivity index (χ4n) is 6.93. The van der Waals surface area contributed by atoms with Crippen molar-refractivity contribution in [3.63, 3.8) is 0 Å². The van der Waals surface area contributed by atoms with Gasteiger partial charge in [0, 0.05) is 16.9 Å². The maximum absolute atomic E-state index is 14.2. The highest BCUT2D eigenvalue weighted by atomic mass is 35.5. The average molecular weight is 593 g/mol. The summed E-state index contributed by atoms with van der Waals surface area (Å²) in [5.74, 6) is -3.48. The molecule has 3 amide bonds. The number of ether oxygens (including phenoxy) is 2. The van der Waals surface area contributed by atoms with Crippen LogP contribution in [0.3, 0.4) is 0 Å². The molecule has 0 radical (unpaired) electrons. The van der Waals surface area contributed by atoms with Crippen LogP contribution in [0, 0.1) is 11.8 Å². The third kappa shape index (κ3) is 4.20. The Kier molecular flexibility index (Phi) is 6.51. The van der Waals surface area contributed by atoms with Crippen LogP contribution in [-0.2, 0) is 19.1 Å². The van der Waals surface area contributed by atoms with Gasteiger partial charge in [0.1, 0.15) is 5.75 Å². The lowest BCUT2D eigenvalue weighted by molar-refractivity contribution is -0.122. The zero-order valence-corrected chi connectivity index (χ0v) is 23.7. The van der Waals surface area contributed by atoms with E-state index in [9.17, 15) is 19.2 Å². The third-order valence-electron chi connectivity index (χ3n) is 8.58. The fraction of sp³-hybridized carbons (Fsp3) is 0.176. The highest BCUT2D eigenvalue weighted by Crippen LogP contribution is 2.61. The standard InChI is InChI=1S/C34H25ClN2O6/c1-42-26-15-14-18(35)16-24(26)36-27(38)17-43-34(41)23-12-6-7-13-25(23)37-32(39)30-28-19-8-2-3-9-20(19)29(31(30)33(37)40)22-11-5-4-10-21(22)28/h2-16,28-31H,17H2,1H3,(H,36,38)/t28?,29?,30-,31-/m0/s1. The molecule has 0 unspecified atom stereocenters. The van der Waals surface area contributed by atoms with Gasteiger partial charge in [-0.05, 0) is 52.6 Å². The molecule has 2 bridgehead atoms. The van der Waals surface area contributed by atoms with Gasteiger partial charge in [0.05, 0.1) is 35.9 Å². The molecule has 1 N–H and O–H groups in total. The number of carbonyl (C=O) groups is 4. The summed E-state index contributed by atoms with van der Waals surface area (Å²) in [6, 6.07) is 27.0. The Bertz CT molecular complexity index is 1720. The van der Waals surface area contributed by atoms with Crippen molar-refractivity contribution in [3.05, 3.63) is 124 Å². The predicted octanol–water partition coefficient (Wildman–Crippen LogP) is 5.54. The van der Waals surface area contributed by atoms with E-state index in [0.717, 1.165) is 27.2 Å². The highest BCUT2D eigenvalue weighted by molar-refractivity contribution is 6.31. The topological polar surface area (TPSA) is 102 Å². The second-order valence-corrected chi connectivity index (χ2v) is 11.2. The largest absolute Gasteiger partial charge is 0.495 e. The van der Waals surface area contributed by atoms with Crippen molar-refractivity contribution in [1.82, 2.24) is 0 Å². The van der Waals surface area contributed by atoms with Gasteiger partial charge in [-0.1, -0.05) is 72.3 Å². The zero-order valence-electron chi connectivity index (χ0n) is 23.0. The van der Waals surface area contributed by atoms with Crippen molar-refractivity contribution in [1.29, 1.82) is 0 Å². The Morgan fingerprint density at radius 2 is 1.33 bits per heavy atom. The first kappa shape index (κ1) is 26.9. The molecule has 1 aliphatic heterocycles. The maximum Gasteiger partial charge on any atom is 0.340 e. The lowest BCUT2D eigenvalue weighted by Crippen LogP contribution is -2.41. The molecule has 4 aromatic carbocycles. The van der Waals surface area contributed by atoms with Crippen LogP contribution < -0.4 is 15.0 Å². The number of rotatable bonds is 6. The molecule has 4 aliphatic rings. The lowest BCUT2D eigenvalue weighted by Gasteiger charge is -2.45. The number of esters is 1. The van der Waals surface area contributed by atoms with E-state index in [1.165, 1.54) is 19.2 Å². The molecule has 4 aromatic rings. The molecule has 0 spiro atoms. The Balaban J connectivity index is 1.16. The van der Waals surface area contributed by atoms with Crippen LogP contribution in [-0.4, -0.2) is 37.4 Å². The third-order valence-corrected chi connectivity index (χ3v) is 8.82. The summed E-state index contributed by atoms with van der Waals surface area (Å²) < 4.78 is 10.6. The summed E-state index contributed by atoms with van der Waals surface area (Å²) >= 11 is 6.04. The van der Waals surface area contributed by atoms with Gasteiger partial charge in [0.15, 0.2) is 6.61 Å². The van der Waals surface area contributed by atoms with E-state index >= 15 is 0 Å². The van der Waals surface area contributed by atoms with E-state index in [-0.39, 0.29) is 34.9 Å². The summed E-state index contributed by atoms with van der Waals surface area (Å²) in [6.07, 6.45) is 0. The summed E-state index contributed by atoms with van der Waals surface area (Å²) in [5, 5.41) is 3.01. The monoisotopic (exact) mass is 592 g/mol. The number of benzene rings is 4. The molecule has 8 nitrogen and oxygen atoms in total. The molecule has 2 atom stereocenters. The van der Waals surface area contributed by atoms with Crippen molar-refractivity contribution in [2.24, 2.45) is 11.8 Å². The van der Waals surface area contributed by atoms with Gasteiger partial charge >= 0.3 is 5.97 Å². The minimum absolute atomic E-state index is 0.0124. The first-order valence-electron chi connectivity index (χ1n) is 13.8. The molecule has 3 aliphatic carbocycles. The molecular formula is C34H25ClN2O6. The van der Waals surface area contributed by atoms with E-state index in [4.69, 9.17) is 21.1 Å². The van der Waals surface area contributed by atoms with Crippen LogP contribution in [0.1, 0.15) is 44.4 Å². The average Bonchev–Trinajstić information content (AvgIpc) is 3.29. The van der Waals surface area contributed by atoms with Crippen LogP contribution in [0.25, 0.3) is 0 Å². The minimum Gasteiger partial charge on any atom is -0.495 e. The summed E-state index contributed by atoms with van der Waals surface area (Å²) in [4.78, 5) is 55.4. The Morgan fingerprint density at radius 1 is 0.791 bits per heavy atom. The molecular weight excluding hydrogens is 568 g/mol. The van der Waals surface area contributed by atoms with Gasteiger partial charge < -0.3 is 14.8 Å². The number of hydrogen-bond acceptors (Lipinski definition) is 6. The molecule has 0 saturated carbocycles. The molecule has 8 rings (SSSR count). The molecule has 1 fully saturated rings. The number of nitrogens with one attached hydrogen (secondary N) is 1. The van der Waals surface area contributed by atoms with Crippen molar-refractivity contribution >= 4 is 46.7 Å². The number of imide groups is 1. The number of nitrogens with zero attached hydrogens (tertiary/aromatic N) is 1. The maximum atomic E-state index is 14.2. The molecule has 214 valence electrons. The lowest BCUT2D eigenvalue weighted by atomic mass is 9.55. The molecule has 1 heterocycles. The normalized spacial score (nSPS) is 21.1. The smallest absolute Gasteiger partial charge is 0.340 e. The van der Waals surface area contributed by atoms with Crippen LogP contribution in [0.5, 0.6) is 5.75 Å². The van der Waals surface area contributed by atoms with Crippen molar-refractivity contribution in [2.45, 2.75) is 11.8 Å². The predicted molar refractivity (Wildman–Crippen MR) is 159 cm³/mol. The van der Waals surface area contributed by atoms with Gasteiger partial charge in [-0.3, -0.25) is 14.4 Å².